The van der Waals surface area contributed by atoms with Crippen molar-refractivity contribution in [2.45, 2.75) is 33.8 Å². The Morgan fingerprint density at radius 1 is 1.11 bits per heavy atom. The molecule has 0 bridgehead atoms. The molecule has 2 rings (SSSR count). The van der Waals surface area contributed by atoms with E-state index in [0.29, 0.717) is 5.88 Å². The van der Waals surface area contributed by atoms with E-state index in [1.54, 1.807) is 6.07 Å². The fourth-order valence-corrected chi connectivity index (χ4v) is 1.85. The summed E-state index contributed by atoms with van der Waals surface area (Å²) in [6.07, 6.45) is 0.810. The lowest BCUT2D eigenvalue weighted by atomic mass is 10.2. The Balaban J connectivity index is 2.28. The van der Waals surface area contributed by atoms with Crippen molar-refractivity contribution in [3.05, 3.63) is 46.9 Å². The van der Waals surface area contributed by atoms with Crippen LogP contribution in [0.5, 0.6) is 11.6 Å². The Morgan fingerprint density at radius 2 is 1.89 bits per heavy atom. The molecule has 4 nitrogen and oxygen atoms in total. The summed E-state index contributed by atoms with van der Waals surface area (Å²) in [5, 5.41) is 9.12. The molecule has 0 saturated heterocycles. The van der Waals surface area contributed by atoms with E-state index in [0.717, 1.165) is 34.8 Å². The maximum absolute atomic E-state index is 9.12. The van der Waals surface area contributed by atoms with Gasteiger partial charge in [0.2, 0.25) is 5.88 Å². The van der Waals surface area contributed by atoms with Crippen LogP contribution in [0.15, 0.2) is 24.3 Å². The summed E-state index contributed by atoms with van der Waals surface area (Å²) in [7, 11) is 0. The van der Waals surface area contributed by atoms with Gasteiger partial charge in [-0.25, -0.2) is 4.98 Å². The van der Waals surface area contributed by atoms with Crippen molar-refractivity contribution in [2.75, 3.05) is 0 Å². The summed E-state index contributed by atoms with van der Waals surface area (Å²) < 4.78 is 5.78. The van der Waals surface area contributed by atoms with Gasteiger partial charge in [0.25, 0.3) is 0 Å². The number of pyridine rings is 2. The number of ether oxygens (including phenoxy) is 1. The van der Waals surface area contributed by atoms with Gasteiger partial charge >= 0.3 is 0 Å². The van der Waals surface area contributed by atoms with Crippen LogP contribution in [-0.4, -0.2) is 15.1 Å². The third-order valence-electron chi connectivity index (χ3n) is 2.96. The first kappa shape index (κ1) is 13.5. The molecule has 0 aromatic carbocycles. The van der Waals surface area contributed by atoms with Crippen LogP contribution in [0.25, 0.3) is 0 Å². The van der Waals surface area contributed by atoms with E-state index in [1.165, 1.54) is 0 Å². The van der Waals surface area contributed by atoms with E-state index in [4.69, 9.17) is 9.84 Å². The average Bonchev–Trinajstić information content (AvgIpc) is 2.41. The molecule has 2 aromatic heterocycles. The number of aromatic nitrogens is 2. The molecule has 0 aliphatic carbocycles. The topological polar surface area (TPSA) is 55.2 Å². The van der Waals surface area contributed by atoms with Gasteiger partial charge in [-0.15, -0.1) is 0 Å². The Kier molecular flexibility index (Phi) is 4.12. The molecule has 0 fully saturated rings. The summed E-state index contributed by atoms with van der Waals surface area (Å²) in [6.45, 7) is 5.85. The maximum atomic E-state index is 9.12. The Morgan fingerprint density at radius 3 is 2.53 bits per heavy atom. The zero-order valence-corrected chi connectivity index (χ0v) is 11.5. The van der Waals surface area contributed by atoms with Crippen LogP contribution in [0, 0.1) is 13.8 Å². The highest BCUT2D eigenvalue weighted by Gasteiger charge is 2.07. The lowest BCUT2D eigenvalue weighted by Gasteiger charge is -2.10. The van der Waals surface area contributed by atoms with Crippen LogP contribution in [-0.2, 0) is 13.0 Å². The normalized spacial score (nSPS) is 10.5. The molecule has 1 N–H and O–H groups in total. The molecule has 0 radical (unpaired) electrons. The monoisotopic (exact) mass is 258 g/mol. The standard InChI is InChI=1S/C15H18N2O2/c1-4-13-14(7-5-10(2)16-13)19-15-8-6-12(9-18)11(3)17-15/h5-8,18H,4,9H2,1-3H3. The van der Waals surface area contributed by atoms with Crippen molar-refractivity contribution in [3.8, 4) is 11.6 Å². The minimum absolute atomic E-state index is 0.00852. The second kappa shape index (κ2) is 5.80. The summed E-state index contributed by atoms with van der Waals surface area (Å²) >= 11 is 0. The molecular weight excluding hydrogens is 240 g/mol. The van der Waals surface area contributed by atoms with E-state index in [1.807, 2.05) is 39.0 Å². The Hall–Kier alpha value is -1.94. The van der Waals surface area contributed by atoms with Gasteiger partial charge in [0, 0.05) is 17.5 Å². The van der Waals surface area contributed by atoms with Crippen molar-refractivity contribution in [2.24, 2.45) is 0 Å². The Labute approximate surface area is 113 Å². The van der Waals surface area contributed by atoms with Gasteiger partial charge < -0.3 is 9.84 Å². The van der Waals surface area contributed by atoms with Crippen LogP contribution in [0.3, 0.4) is 0 Å². The van der Waals surface area contributed by atoms with Crippen molar-refractivity contribution in [1.29, 1.82) is 0 Å². The summed E-state index contributed by atoms with van der Waals surface area (Å²) in [5.41, 5.74) is 3.48. The van der Waals surface area contributed by atoms with E-state index in [-0.39, 0.29) is 6.61 Å². The van der Waals surface area contributed by atoms with Gasteiger partial charge in [0.15, 0.2) is 5.75 Å². The zero-order chi connectivity index (χ0) is 13.8. The van der Waals surface area contributed by atoms with E-state index < -0.39 is 0 Å². The molecule has 0 atom stereocenters. The molecule has 0 spiro atoms. The molecule has 2 aromatic rings. The molecule has 100 valence electrons. The molecule has 0 aliphatic rings. The van der Waals surface area contributed by atoms with Gasteiger partial charge in [-0.05, 0) is 44.0 Å². The van der Waals surface area contributed by atoms with Gasteiger partial charge in [0.1, 0.15) is 0 Å². The fourth-order valence-electron chi connectivity index (χ4n) is 1.85. The van der Waals surface area contributed by atoms with Crippen LogP contribution >= 0.6 is 0 Å². The maximum Gasteiger partial charge on any atom is 0.219 e. The number of hydrogen-bond donors (Lipinski definition) is 1. The lowest BCUT2D eigenvalue weighted by molar-refractivity contribution is 0.280. The van der Waals surface area contributed by atoms with Crippen LogP contribution in [0.1, 0.15) is 29.6 Å². The highest BCUT2D eigenvalue weighted by molar-refractivity contribution is 5.34. The molecule has 2 heterocycles. The lowest BCUT2D eigenvalue weighted by Crippen LogP contribution is -1.99. The smallest absolute Gasteiger partial charge is 0.219 e. The number of rotatable bonds is 4. The number of aryl methyl sites for hydroxylation is 3. The first-order valence-corrected chi connectivity index (χ1v) is 6.35. The second-order valence-electron chi connectivity index (χ2n) is 4.41. The zero-order valence-electron chi connectivity index (χ0n) is 11.5. The van der Waals surface area contributed by atoms with Crippen molar-refractivity contribution in [1.82, 2.24) is 9.97 Å². The quantitative estimate of drug-likeness (QED) is 0.916. The predicted octanol–water partition coefficient (Wildman–Crippen LogP) is 2.94. The second-order valence-corrected chi connectivity index (χ2v) is 4.41. The van der Waals surface area contributed by atoms with Crippen molar-refractivity contribution >= 4 is 0 Å². The molecule has 0 amide bonds. The molecule has 19 heavy (non-hydrogen) atoms. The summed E-state index contributed by atoms with van der Waals surface area (Å²) in [4.78, 5) is 8.78. The minimum atomic E-state index is -0.00852. The number of aliphatic hydroxyl groups excluding tert-OH is 1. The molecule has 0 unspecified atom stereocenters. The first-order valence-electron chi connectivity index (χ1n) is 6.35. The SMILES string of the molecule is CCc1nc(C)ccc1Oc1ccc(CO)c(C)n1. The fraction of sp³-hybridized carbons (Fsp3) is 0.333. The molecule has 4 heteroatoms. The van der Waals surface area contributed by atoms with Crippen molar-refractivity contribution < 1.29 is 9.84 Å². The van der Waals surface area contributed by atoms with Crippen LogP contribution in [0.2, 0.25) is 0 Å². The van der Waals surface area contributed by atoms with Gasteiger partial charge in [0.05, 0.1) is 12.3 Å². The number of hydrogen-bond acceptors (Lipinski definition) is 4. The average molecular weight is 258 g/mol. The summed E-state index contributed by atoms with van der Waals surface area (Å²) in [5.74, 6) is 1.26. The summed E-state index contributed by atoms with van der Waals surface area (Å²) in [6, 6.07) is 7.42. The first-order chi connectivity index (χ1) is 9.13. The molecule has 0 saturated carbocycles. The van der Waals surface area contributed by atoms with E-state index in [9.17, 15) is 0 Å². The largest absolute Gasteiger partial charge is 0.437 e. The Bertz CT molecular complexity index is 582. The van der Waals surface area contributed by atoms with Crippen LogP contribution < -0.4 is 4.74 Å². The van der Waals surface area contributed by atoms with Crippen molar-refractivity contribution in [3.63, 3.8) is 0 Å². The minimum Gasteiger partial charge on any atom is -0.437 e. The van der Waals surface area contributed by atoms with Gasteiger partial charge in [-0.2, -0.15) is 0 Å². The van der Waals surface area contributed by atoms with E-state index >= 15 is 0 Å². The highest BCUT2D eigenvalue weighted by atomic mass is 16.5. The van der Waals surface area contributed by atoms with E-state index in [2.05, 4.69) is 9.97 Å². The number of aliphatic hydroxyl groups is 1. The molecule has 0 aliphatic heterocycles. The van der Waals surface area contributed by atoms with Gasteiger partial charge in [-0.1, -0.05) is 6.92 Å². The predicted molar refractivity (Wildman–Crippen MR) is 73.3 cm³/mol. The van der Waals surface area contributed by atoms with Crippen LogP contribution in [0.4, 0.5) is 0 Å². The highest BCUT2D eigenvalue weighted by Crippen LogP contribution is 2.24. The number of nitrogens with zero attached hydrogens (tertiary/aromatic N) is 2. The third kappa shape index (κ3) is 3.09. The van der Waals surface area contributed by atoms with Gasteiger partial charge in [-0.3, -0.25) is 4.98 Å². The molecular formula is C15H18N2O2. The third-order valence-corrected chi connectivity index (χ3v) is 2.96.